The number of aliphatic carboxylic acids is 1. The quantitative estimate of drug-likeness (QED) is 0.797. The molecule has 0 atom stereocenters. The molecule has 3 heteroatoms. The van der Waals surface area contributed by atoms with Crippen molar-refractivity contribution in [1.29, 1.82) is 0 Å². The van der Waals surface area contributed by atoms with Crippen molar-refractivity contribution in [2.24, 2.45) is 0 Å². The molecular weight excluding hydrogens is 188 g/mol. The molecule has 0 amide bonds. The Hall–Kier alpha value is -1.02. The molecule has 1 aromatic carbocycles. The Morgan fingerprint density at radius 2 is 1.77 bits per heavy atom. The Bertz CT molecular complexity index is 254. The van der Waals surface area contributed by atoms with Crippen LogP contribution in [-0.2, 0) is 11.2 Å². The summed E-state index contributed by atoms with van der Waals surface area (Å²) in [6.45, 7) is 4.00. The Morgan fingerprint density at radius 3 is 2.15 bits per heavy atom. The van der Waals surface area contributed by atoms with Crippen LogP contribution in [0.1, 0.15) is 19.4 Å². The van der Waals surface area contributed by atoms with Crippen molar-refractivity contribution in [3.8, 4) is 0 Å². The first-order valence-electron chi connectivity index (χ1n) is 4.15. The van der Waals surface area contributed by atoms with Gasteiger partial charge in [0.1, 0.15) is 0 Å². The zero-order chi connectivity index (χ0) is 10.3. The van der Waals surface area contributed by atoms with Gasteiger partial charge in [-0.05, 0) is 17.7 Å². The molecule has 1 rings (SSSR count). The Morgan fingerprint density at radius 1 is 1.31 bits per heavy atom. The number of carboxylic acid groups (broad SMARTS) is 1. The maximum absolute atomic E-state index is 10.2. The molecule has 0 fully saturated rings. The SMILES string of the molecule is CC.O=C(O)Cc1ccc(Cl)cc1. The van der Waals surface area contributed by atoms with E-state index in [1.807, 2.05) is 13.8 Å². The second-order valence-corrected chi connectivity index (χ2v) is 2.63. The average molecular weight is 201 g/mol. The first-order valence-corrected chi connectivity index (χ1v) is 4.52. The Kier molecular flexibility index (Phi) is 5.98. The molecule has 0 aliphatic rings. The minimum absolute atomic E-state index is 0.0527. The van der Waals surface area contributed by atoms with E-state index in [4.69, 9.17) is 16.7 Å². The summed E-state index contributed by atoms with van der Waals surface area (Å²) in [5.41, 5.74) is 0.766. The van der Waals surface area contributed by atoms with Gasteiger partial charge in [-0.15, -0.1) is 0 Å². The second kappa shape index (κ2) is 6.49. The molecule has 0 saturated heterocycles. The Balaban J connectivity index is 0.000000671. The summed E-state index contributed by atoms with van der Waals surface area (Å²) >= 11 is 5.60. The maximum atomic E-state index is 10.2. The van der Waals surface area contributed by atoms with Crippen LogP contribution in [0, 0.1) is 0 Å². The summed E-state index contributed by atoms with van der Waals surface area (Å²) in [4.78, 5) is 10.2. The smallest absolute Gasteiger partial charge is 0.307 e. The van der Waals surface area contributed by atoms with E-state index in [-0.39, 0.29) is 6.42 Å². The van der Waals surface area contributed by atoms with Crippen molar-refractivity contribution in [2.75, 3.05) is 0 Å². The standard InChI is InChI=1S/C8H7ClO2.C2H6/c9-7-3-1-6(2-4-7)5-8(10)11;1-2/h1-4H,5H2,(H,10,11);1-2H3. The molecule has 1 N–H and O–H groups in total. The van der Waals surface area contributed by atoms with Gasteiger partial charge in [-0.2, -0.15) is 0 Å². The zero-order valence-electron chi connectivity index (χ0n) is 7.75. The number of hydrogen-bond acceptors (Lipinski definition) is 1. The molecule has 0 unspecified atom stereocenters. The zero-order valence-corrected chi connectivity index (χ0v) is 8.51. The van der Waals surface area contributed by atoms with Gasteiger partial charge in [-0.25, -0.2) is 0 Å². The summed E-state index contributed by atoms with van der Waals surface area (Å²) < 4.78 is 0. The highest BCUT2D eigenvalue weighted by Crippen LogP contribution is 2.09. The largest absolute Gasteiger partial charge is 0.481 e. The third kappa shape index (κ3) is 5.26. The average Bonchev–Trinajstić information content (AvgIpc) is 2.12. The van der Waals surface area contributed by atoms with Gasteiger partial charge in [-0.1, -0.05) is 37.6 Å². The molecule has 1 aromatic rings. The first-order chi connectivity index (χ1) is 6.18. The summed E-state index contributed by atoms with van der Waals surface area (Å²) in [7, 11) is 0. The molecule has 72 valence electrons. The lowest BCUT2D eigenvalue weighted by atomic mass is 10.2. The monoisotopic (exact) mass is 200 g/mol. The number of carboxylic acids is 1. The van der Waals surface area contributed by atoms with Crippen LogP contribution in [-0.4, -0.2) is 11.1 Å². The molecule has 0 radical (unpaired) electrons. The van der Waals surface area contributed by atoms with E-state index in [0.29, 0.717) is 5.02 Å². The fraction of sp³-hybridized carbons (Fsp3) is 0.300. The lowest BCUT2D eigenvalue weighted by Crippen LogP contribution is -1.99. The van der Waals surface area contributed by atoms with Crippen molar-refractivity contribution in [1.82, 2.24) is 0 Å². The van der Waals surface area contributed by atoms with E-state index in [0.717, 1.165) is 5.56 Å². The van der Waals surface area contributed by atoms with E-state index in [1.54, 1.807) is 24.3 Å². The third-order valence-corrected chi connectivity index (χ3v) is 1.52. The topological polar surface area (TPSA) is 37.3 Å². The number of benzene rings is 1. The lowest BCUT2D eigenvalue weighted by Gasteiger charge is -1.95. The maximum Gasteiger partial charge on any atom is 0.307 e. The van der Waals surface area contributed by atoms with Gasteiger partial charge >= 0.3 is 5.97 Å². The van der Waals surface area contributed by atoms with Gasteiger partial charge in [0.15, 0.2) is 0 Å². The highest BCUT2D eigenvalue weighted by molar-refractivity contribution is 6.30. The van der Waals surface area contributed by atoms with Crippen molar-refractivity contribution >= 4 is 17.6 Å². The number of rotatable bonds is 2. The van der Waals surface area contributed by atoms with Crippen molar-refractivity contribution in [3.05, 3.63) is 34.9 Å². The van der Waals surface area contributed by atoms with Crippen LogP contribution in [0.15, 0.2) is 24.3 Å². The van der Waals surface area contributed by atoms with Gasteiger partial charge in [-0.3, -0.25) is 4.79 Å². The number of carbonyl (C=O) groups is 1. The predicted molar refractivity (Wildman–Crippen MR) is 54.1 cm³/mol. The highest BCUT2D eigenvalue weighted by atomic mass is 35.5. The molecule has 0 saturated carbocycles. The van der Waals surface area contributed by atoms with Crippen LogP contribution < -0.4 is 0 Å². The minimum atomic E-state index is -0.827. The Labute approximate surface area is 83.2 Å². The minimum Gasteiger partial charge on any atom is -0.481 e. The number of halogens is 1. The lowest BCUT2D eigenvalue weighted by molar-refractivity contribution is -0.136. The summed E-state index contributed by atoms with van der Waals surface area (Å²) in [5.74, 6) is -0.827. The summed E-state index contributed by atoms with van der Waals surface area (Å²) in [6.07, 6.45) is 0.0527. The van der Waals surface area contributed by atoms with Gasteiger partial charge in [0.05, 0.1) is 6.42 Å². The van der Waals surface area contributed by atoms with Gasteiger partial charge in [0, 0.05) is 5.02 Å². The fourth-order valence-corrected chi connectivity index (χ4v) is 0.903. The van der Waals surface area contributed by atoms with Crippen LogP contribution in [0.25, 0.3) is 0 Å². The molecule has 0 aliphatic carbocycles. The van der Waals surface area contributed by atoms with Crippen LogP contribution in [0.4, 0.5) is 0 Å². The second-order valence-electron chi connectivity index (χ2n) is 2.20. The number of hydrogen-bond donors (Lipinski definition) is 1. The van der Waals surface area contributed by atoms with Crippen LogP contribution in [0.3, 0.4) is 0 Å². The molecule has 13 heavy (non-hydrogen) atoms. The predicted octanol–water partition coefficient (Wildman–Crippen LogP) is 2.99. The third-order valence-electron chi connectivity index (χ3n) is 1.27. The summed E-state index contributed by atoms with van der Waals surface area (Å²) in [5, 5.41) is 9.03. The van der Waals surface area contributed by atoms with Gasteiger partial charge in [0.2, 0.25) is 0 Å². The van der Waals surface area contributed by atoms with E-state index in [1.165, 1.54) is 0 Å². The van der Waals surface area contributed by atoms with Gasteiger partial charge < -0.3 is 5.11 Å². The van der Waals surface area contributed by atoms with Crippen LogP contribution >= 0.6 is 11.6 Å². The normalized spacial score (nSPS) is 8.54. The van der Waals surface area contributed by atoms with Crippen molar-refractivity contribution in [3.63, 3.8) is 0 Å². The van der Waals surface area contributed by atoms with Crippen molar-refractivity contribution < 1.29 is 9.90 Å². The first kappa shape index (κ1) is 12.0. The molecule has 0 heterocycles. The molecular formula is C10H13ClO2. The van der Waals surface area contributed by atoms with E-state index in [9.17, 15) is 4.79 Å². The molecule has 0 spiro atoms. The summed E-state index contributed by atoms with van der Waals surface area (Å²) in [6, 6.07) is 6.77. The highest BCUT2D eigenvalue weighted by Gasteiger charge is 1.98. The molecule has 2 nitrogen and oxygen atoms in total. The van der Waals surface area contributed by atoms with Gasteiger partial charge in [0.25, 0.3) is 0 Å². The molecule has 0 aliphatic heterocycles. The van der Waals surface area contributed by atoms with Crippen LogP contribution in [0.5, 0.6) is 0 Å². The van der Waals surface area contributed by atoms with Crippen LogP contribution in [0.2, 0.25) is 5.02 Å². The fourth-order valence-electron chi connectivity index (χ4n) is 0.777. The van der Waals surface area contributed by atoms with E-state index >= 15 is 0 Å². The molecule has 0 bridgehead atoms. The van der Waals surface area contributed by atoms with E-state index < -0.39 is 5.97 Å². The van der Waals surface area contributed by atoms with E-state index in [2.05, 4.69) is 0 Å². The van der Waals surface area contributed by atoms with Crippen molar-refractivity contribution in [2.45, 2.75) is 20.3 Å². The molecule has 0 aromatic heterocycles.